The van der Waals surface area contributed by atoms with Crippen LogP contribution in [0.25, 0.3) is 0 Å². The average Bonchev–Trinajstić information content (AvgIpc) is 2.61. The first-order valence-corrected chi connectivity index (χ1v) is 9.99. The molecule has 0 atom stereocenters. The van der Waals surface area contributed by atoms with E-state index in [1.54, 1.807) is 19.1 Å². The largest absolute Gasteiger partial charge is 0.322 e. The highest BCUT2D eigenvalue weighted by Gasteiger charge is 2.22. The van der Waals surface area contributed by atoms with Gasteiger partial charge >= 0.3 is 6.03 Å². The normalized spacial score (nSPS) is 11.5. The molecule has 0 heterocycles. The van der Waals surface area contributed by atoms with Crippen molar-refractivity contribution < 1.29 is 17.6 Å². The third-order valence-corrected chi connectivity index (χ3v) is 6.17. The van der Waals surface area contributed by atoms with Crippen molar-refractivity contribution in [1.29, 1.82) is 0 Å². The lowest BCUT2D eigenvalue weighted by molar-refractivity contribution is 0.212. The molecular weight excluding hydrogens is 393 g/mol. The van der Waals surface area contributed by atoms with Gasteiger partial charge in [-0.15, -0.1) is 0 Å². The highest BCUT2D eigenvalue weighted by atomic mass is 35.5. The summed E-state index contributed by atoms with van der Waals surface area (Å²) in [5.74, 6) is -0.375. The summed E-state index contributed by atoms with van der Waals surface area (Å²) in [7, 11) is -0.955. The van der Waals surface area contributed by atoms with Crippen LogP contribution in [0.4, 0.5) is 14.9 Å². The van der Waals surface area contributed by atoms with Crippen LogP contribution in [-0.4, -0.2) is 44.3 Å². The number of rotatable bonds is 6. The third-order valence-electron chi connectivity index (χ3n) is 3.87. The number of carbonyl (C=O) groups excluding carboxylic acids is 1. The van der Waals surface area contributed by atoms with Gasteiger partial charge in [0.15, 0.2) is 0 Å². The molecule has 0 bridgehead atoms. The lowest BCUT2D eigenvalue weighted by Crippen LogP contribution is -2.34. The summed E-state index contributed by atoms with van der Waals surface area (Å²) in [6.07, 6.45) is 0. The van der Waals surface area contributed by atoms with Gasteiger partial charge in [-0.3, -0.25) is 0 Å². The SMILES string of the molecule is CCN(Cc1cccc(F)c1)C(=O)Nc1ccc(Cl)c(S(=O)(=O)N(C)C)c1. The van der Waals surface area contributed by atoms with E-state index in [1.807, 2.05) is 0 Å². The molecule has 1 N–H and O–H groups in total. The summed E-state index contributed by atoms with van der Waals surface area (Å²) in [5.41, 5.74) is 0.946. The smallest absolute Gasteiger partial charge is 0.320 e. The molecule has 0 aromatic heterocycles. The Balaban J connectivity index is 2.21. The first kappa shape index (κ1) is 21.1. The molecule has 0 saturated heterocycles. The van der Waals surface area contributed by atoms with E-state index in [4.69, 9.17) is 11.6 Å². The van der Waals surface area contributed by atoms with Gasteiger partial charge in [-0.25, -0.2) is 21.9 Å². The van der Waals surface area contributed by atoms with Crippen LogP contribution in [0.1, 0.15) is 12.5 Å². The number of nitrogens with one attached hydrogen (secondary N) is 1. The van der Waals surface area contributed by atoms with Gasteiger partial charge in [0.2, 0.25) is 10.0 Å². The molecule has 0 radical (unpaired) electrons. The number of hydrogen-bond acceptors (Lipinski definition) is 3. The van der Waals surface area contributed by atoms with Crippen LogP contribution in [0.2, 0.25) is 5.02 Å². The fraction of sp³-hybridized carbons (Fsp3) is 0.278. The molecule has 0 aliphatic carbocycles. The fourth-order valence-electron chi connectivity index (χ4n) is 2.36. The molecule has 2 rings (SSSR count). The van der Waals surface area contributed by atoms with Crippen molar-refractivity contribution in [2.45, 2.75) is 18.4 Å². The van der Waals surface area contributed by atoms with Crippen molar-refractivity contribution in [2.75, 3.05) is 26.0 Å². The molecule has 2 aromatic carbocycles. The molecule has 0 unspecified atom stereocenters. The lowest BCUT2D eigenvalue weighted by Gasteiger charge is -2.22. The second-order valence-corrected chi connectivity index (χ2v) is 8.53. The van der Waals surface area contributed by atoms with Crippen LogP contribution in [0.15, 0.2) is 47.4 Å². The Hall–Kier alpha value is -2.16. The number of amides is 2. The molecule has 9 heteroatoms. The predicted octanol–water partition coefficient (Wildman–Crippen LogP) is 3.78. The number of sulfonamides is 1. The van der Waals surface area contributed by atoms with E-state index in [1.165, 1.54) is 49.3 Å². The van der Waals surface area contributed by atoms with Crippen LogP contribution in [-0.2, 0) is 16.6 Å². The summed E-state index contributed by atoms with van der Waals surface area (Å²) >= 11 is 6.01. The second-order valence-electron chi connectivity index (χ2n) is 6.01. The maximum Gasteiger partial charge on any atom is 0.322 e. The fourth-order valence-corrected chi connectivity index (χ4v) is 3.75. The van der Waals surface area contributed by atoms with E-state index in [0.717, 1.165) is 4.31 Å². The number of carbonyl (C=O) groups is 1. The Labute approximate surface area is 163 Å². The number of anilines is 1. The standard InChI is InChI=1S/C18H21ClFN3O3S/c1-4-23(12-13-6-5-7-14(20)10-13)18(24)21-15-8-9-16(19)17(11-15)27(25,26)22(2)3/h5-11H,4,12H2,1-3H3,(H,21,24). The van der Waals surface area contributed by atoms with E-state index in [-0.39, 0.29) is 22.3 Å². The second kappa shape index (κ2) is 8.69. The van der Waals surface area contributed by atoms with Crippen molar-refractivity contribution in [2.24, 2.45) is 0 Å². The molecule has 0 saturated carbocycles. The summed E-state index contributed by atoms with van der Waals surface area (Å²) in [4.78, 5) is 13.9. The lowest BCUT2D eigenvalue weighted by atomic mass is 10.2. The molecule has 0 aliphatic heterocycles. The van der Waals surface area contributed by atoms with Crippen molar-refractivity contribution in [3.63, 3.8) is 0 Å². The van der Waals surface area contributed by atoms with E-state index in [2.05, 4.69) is 5.32 Å². The van der Waals surface area contributed by atoms with Crippen LogP contribution >= 0.6 is 11.6 Å². The number of benzene rings is 2. The van der Waals surface area contributed by atoms with Gasteiger partial charge in [-0.05, 0) is 42.8 Å². The zero-order valence-corrected chi connectivity index (χ0v) is 16.8. The van der Waals surface area contributed by atoms with Gasteiger partial charge in [0.1, 0.15) is 10.7 Å². The minimum Gasteiger partial charge on any atom is -0.320 e. The van der Waals surface area contributed by atoms with Crippen LogP contribution in [0, 0.1) is 5.82 Å². The zero-order chi connectivity index (χ0) is 20.2. The Morgan fingerprint density at radius 2 is 1.89 bits per heavy atom. The Morgan fingerprint density at radius 1 is 1.19 bits per heavy atom. The molecule has 0 fully saturated rings. The average molecular weight is 414 g/mol. The first-order valence-electron chi connectivity index (χ1n) is 8.17. The third kappa shape index (κ3) is 5.18. The van der Waals surface area contributed by atoms with E-state index < -0.39 is 16.1 Å². The number of hydrogen-bond donors (Lipinski definition) is 1. The van der Waals surface area contributed by atoms with E-state index in [9.17, 15) is 17.6 Å². The van der Waals surface area contributed by atoms with Crippen molar-refractivity contribution >= 4 is 33.3 Å². The minimum atomic E-state index is -3.75. The van der Waals surface area contributed by atoms with Crippen molar-refractivity contribution in [3.8, 4) is 0 Å². The Morgan fingerprint density at radius 3 is 2.48 bits per heavy atom. The van der Waals surface area contributed by atoms with Gasteiger partial charge in [0.25, 0.3) is 0 Å². The molecule has 2 amide bonds. The molecule has 146 valence electrons. The molecule has 6 nitrogen and oxygen atoms in total. The number of halogens is 2. The van der Waals surface area contributed by atoms with Crippen LogP contribution in [0.3, 0.4) is 0 Å². The molecule has 0 aliphatic rings. The molecule has 2 aromatic rings. The van der Waals surface area contributed by atoms with Crippen molar-refractivity contribution in [1.82, 2.24) is 9.21 Å². The molecule has 0 spiro atoms. The number of urea groups is 1. The number of nitrogens with zero attached hydrogens (tertiary/aromatic N) is 2. The van der Waals surface area contributed by atoms with Gasteiger partial charge in [-0.2, -0.15) is 0 Å². The van der Waals surface area contributed by atoms with Crippen LogP contribution in [0.5, 0.6) is 0 Å². The van der Waals surface area contributed by atoms with Gasteiger partial charge < -0.3 is 10.2 Å². The maximum atomic E-state index is 13.3. The summed E-state index contributed by atoms with van der Waals surface area (Å²) in [5, 5.41) is 2.72. The van der Waals surface area contributed by atoms with E-state index in [0.29, 0.717) is 17.8 Å². The minimum absolute atomic E-state index is 0.0637. The van der Waals surface area contributed by atoms with Gasteiger partial charge in [-0.1, -0.05) is 23.7 Å². The summed E-state index contributed by atoms with van der Waals surface area (Å²) in [6.45, 7) is 2.40. The Kier molecular flexibility index (Phi) is 6.80. The maximum absolute atomic E-state index is 13.3. The zero-order valence-electron chi connectivity index (χ0n) is 15.2. The Bertz CT molecular complexity index is 935. The van der Waals surface area contributed by atoms with Crippen molar-refractivity contribution in [3.05, 3.63) is 58.9 Å². The molecule has 27 heavy (non-hydrogen) atoms. The topological polar surface area (TPSA) is 69.7 Å². The highest BCUT2D eigenvalue weighted by Crippen LogP contribution is 2.27. The first-order chi connectivity index (χ1) is 12.6. The molecular formula is C18H21ClFN3O3S. The summed E-state index contributed by atoms with van der Waals surface area (Å²) < 4.78 is 39.1. The highest BCUT2D eigenvalue weighted by molar-refractivity contribution is 7.89. The van der Waals surface area contributed by atoms with Crippen LogP contribution < -0.4 is 5.32 Å². The monoisotopic (exact) mass is 413 g/mol. The summed E-state index contributed by atoms with van der Waals surface area (Å²) in [6, 6.07) is 9.81. The van der Waals surface area contributed by atoms with E-state index >= 15 is 0 Å². The van der Waals surface area contributed by atoms with Gasteiger partial charge in [0.05, 0.1) is 5.02 Å². The quantitative estimate of drug-likeness (QED) is 0.783. The predicted molar refractivity (Wildman–Crippen MR) is 104 cm³/mol. The van der Waals surface area contributed by atoms with Gasteiger partial charge in [0, 0.05) is 32.9 Å².